The van der Waals surface area contributed by atoms with Crippen LogP contribution in [0.2, 0.25) is 0 Å². The second-order valence-corrected chi connectivity index (χ2v) is 14.8. The van der Waals surface area contributed by atoms with Crippen molar-refractivity contribution >= 4 is 32.7 Å². The monoisotopic (exact) mass is 575 g/mol. The van der Waals surface area contributed by atoms with E-state index in [4.69, 9.17) is 19.0 Å². The molecule has 0 amide bonds. The lowest BCUT2D eigenvalue weighted by Crippen LogP contribution is -2.46. The minimum absolute atomic E-state index is 0.207. The van der Waals surface area contributed by atoms with E-state index in [1.54, 1.807) is 30.6 Å². The number of anilines is 1. The molecule has 3 unspecified atom stereocenters. The fourth-order valence-corrected chi connectivity index (χ4v) is 9.93. The Bertz CT molecular complexity index is 1550. The van der Waals surface area contributed by atoms with E-state index in [2.05, 4.69) is 10.1 Å². The molecule has 1 aromatic carbocycles. The Kier molecular flexibility index (Phi) is 5.28. The molecular weight excluding hydrogens is 538 g/mol. The summed E-state index contributed by atoms with van der Waals surface area (Å²) in [5, 5.41) is 15.2. The number of benzene rings is 1. The summed E-state index contributed by atoms with van der Waals surface area (Å²) in [6.45, 7) is 0.625. The van der Waals surface area contributed by atoms with Crippen molar-refractivity contribution in [3.05, 3.63) is 34.7 Å². The SMILES string of the molecule is COc1cc(C(=O)O)cc2sc(N3C4CC(OCc5c(C6CCC7(CC6)CC7)noc5C5CC5)C[C@@H]5CCC453)nc12. The fourth-order valence-electron chi connectivity index (χ4n) is 8.77. The molecule has 0 bridgehead atoms. The van der Waals surface area contributed by atoms with Gasteiger partial charge in [-0.1, -0.05) is 16.5 Å². The van der Waals surface area contributed by atoms with Crippen molar-refractivity contribution in [2.75, 3.05) is 12.0 Å². The van der Waals surface area contributed by atoms with Crippen LogP contribution in [0.15, 0.2) is 16.7 Å². The molecule has 6 aliphatic rings. The summed E-state index contributed by atoms with van der Waals surface area (Å²) < 4.78 is 19.2. The first-order valence-electron chi connectivity index (χ1n) is 15.6. The molecule has 4 atom stereocenters. The molecule has 9 rings (SSSR count). The van der Waals surface area contributed by atoms with Crippen molar-refractivity contribution in [3.63, 3.8) is 0 Å². The predicted molar refractivity (Wildman–Crippen MR) is 154 cm³/mol. The van der Waals surface area contributed by atoms with Crippen molar-refractivity contribution in [2.45, 2.75) is 113 Å². The quantitative estimate of drug-likeness (QED) is 0.286. The molecule has 1 aliphatic heterocycles. The predicted octanol–water partition coefficient (Wildman–Crippen LogP) is 7.02. The maximum absolute atomic E-state index is 11.7. The number of carboxylic acids is 1. The summed E-state index contributed by atoms with van der Waals surface area (Å²) in [6.07, 6.45) is 15.2. The Morgan fingerprint density at radius 3 is 2.61 bits per heavy atom. The highest BCUT2D eigenvalue weighted by atomic mass is 32.1. The second-order valence-electron chi connectivity index (χ2n) is 13.8. The van der Waals surface area contributed by atoms with Crippen LogP contribution in [0.5, 0.6) is 5.75 Å². The third kappa shape index (κ3) is 3.76. The van der Waals surface area contributed by atoms with Crippen LogP contribution in [-0.2, 0) is 11.3 Å². The van der Waals surface area contributed by atoms with Crippen molar-refractivity contribution in [3.8, 4) is 5.75 Å². The number of hydrogen-bond acceptors (Lipinski definition) is 8. The van der Waals surface area contributed by atoms with Crippen LogP contribution in [0.3, 0.4) is 0 Å². The average Bonchev–Trinajstić information content (AvgIpc) is 3.93. The molecule has 0 radical (unpaired) electrons. The Balaban J connectivity index is 0.935. The third-order valence-corrected chi connectivity index (χ3v) is 12.7. The van der Waals surface area contributed by atoms with Crippen LogP contribution in [0, 0.1) is 11.3 Å². The Morgan fingerprint density at radius 2 is 1.93 bits per heavy atom. The van der Waals surface area contributed by atoms with Crippen LogP contribution in [0.25, 0.3) is 10.2 Å². The molecule has 216 valence electrons. The number of fused-ring (bicyclic) bond motifs is 1. The van der Waals surface area contributed by atoms with Gasteiger partial charge in [0.2, 0.25) is 0 Å². The molecule has 2 spiro atoms. The zero-order valence-corrected chi connectivity index (χ0v) is 24.4. The van der Waals surface area contributed by atoms with E-state index in [0.717, 1.165) is 34.0 Å². The molecule has 1 saturated heterocycles. The maximum Gasteiger partial charge on any atom is 0.335 e. The number of nitrogens with zero attached hydrogens (tertiary/aromatic N) is 3. The van der Waals surface area contributed by atoms with Gasteiger partial charge < -0.3 is 24.0 Å². The number of thiazole rings is 1. The molecule has 3 aromatic rings. The highest BCUT2D eigenvalue weighted by Crippen LogP contribution is 2.67. The smallest absolute Gasteiger partial charge is 0.335 e. The van der Waals surface area contributed by atoms with Gasteiger partial charge in [0, 0.05) is 17.4 Å². The number of rotatable bonds is 8. The van der Waals surface area contributed by atoms with Gasteiger partial charge in [-0.05, 0) is 101 Å². The van der Waals surface area contributed by atoms with Gasteiger partial charge in [0.15, 0.2) is 5.13 Å². The highest BCUT2D eigenvalue weighted by molar-refractivity contribution is 7.22. The van der Waals surface area contributed by atoms with Crippen LogP contribution < -0.4 is 9.64 Å². The summed E-state index contributed by atoms with van der Waals surface area (Å²) >= 11 is 1.59. The van der Waals surface area contributed by atoms with Crippen LogP contribution in [-0.4, -0.2) is 46.0 Å². The van der Waals surface area contributed by atoms with Crippen LogP contribution in [0.1, 0.15) is 116 Å². The number of ether oxygens (including phenoxy) is 2. The van der Waals surface area contributed by atoms with Crippen molar-refractivity contribution in [1.82, 2.24) is 10.1 Å². The van der Waals surface area contributed by atoms with E-state index in [0.29, 0.717) is 41.6 Å². The molecule has 6 fully saturated rings. The van der Waals surface area contributed by atoms with Crippen LogP contribution in [0.4, 0.5) is 5.13 Å². The number of aromatic carboxylic acids is 1. The molecule has 5 aliphatic carbocycles. The summed E-state index contributed by atoms with van der Waals surface area (Å²) in [5.41, 5.74) is 4.35. The summed E-state index contributed by atoms with van der Waals surface area (Å²) in [4.78, 5) is 19.1. The number of carboxylic acid groups (broad SMARTS) is 1. The Hall–Kier alpha value is -2.65. The standard InChI is InChI=1S/C32H37N3O5S/c1-38-23-12-19(29(36)37)13-24-27(23)33-30(41-24)35-25-15-21(14-20-6-9-32(20,25)35)39-16-22-26(34-40-28(22)18-2-3-18)17-4-7-31(8-5-17)10-11-31/h12-13,17-18,20-21,25H,2-11,14-16H2,1H3,(H,36,37)/t20-,21?,25?,32?,35?/m0/s1. The number of aromatic nitrogens is 2. The largest absolute Gasteiger partial charge is 0.494 e. The summed E-state index contributed by atoms with van der Waals surface area (Å²) in [5.74, 6) is 2.37. The number of carbonyl (C=O) groups is 1. The van der Waals surface area contributed by atoms with Gasteiger partial charge in [-0.15, -0.1) is 0 Å². The first-order chi connectivity index (χ1) is 20.0. The van der Waals surface area contributed by atoms with Gasteiger partial charge in [0.25, 0.3) is 0 Å². The van der Waals surface area contributed by atoms with E-state index in [9.17, 15) is 9.90 Å². The van der Waals surface area contributed by atoms with E-state index >= 15 is 0 Å². The van der Waals surface area contributed by atoms with Crippen molar-refractivity contribution in [1.29, 1.82) is 0 Å². The number of hydrogen-bond donors (Lipinski definition) is 1. The number of methoxy groups -OCH3 is 1. The minimum atomic E-state index is -0.950. The fraction of sp³-hybridized carbons (Fsp3) is 0.656. The summed E-state index contributed by atoms with van der Waals surface area (Å²) in [6, 6.07) is 3.73. The van der Waals surface area contributed by atoms with Crippen LogP contribution >= 0.6 is 11.3 Å². The van der Waals surface area contributed by atoms with Gasteiger partial charge in [-0.3, -0.25) is 0 Å². The van der Waals surface area contributed by atoms with Gasteiger partial charge in [-0.2, -0.15) is 0 Å². The molecule has 8 nitrogen and oxygen atoms in total. The van der Waals surface area contributed by atoms with Gasteiger partial charge in [0.1, 0.15) is 17.0 Å². The van der Waals surface area contributed by atoms with Gasteiger partial charge >= 0.3 is 5.97 Å². The molecule has 2 aromatic heterocycles. The Morgan fingerprint density at radius 1 is 1.10 bits per heavy atom. The first kappa shape index (κ1) is 24.9. The van der Waals surface area contributed by atoms with Gasteiger partial charge in [0.05, 0.1) is 47.4 Å². The third-order valence-electron chi connectivity index (χ3n) is 11.7. The molecule has 1 N–H and O–H groups in total. The van der Waals surface area contributed by atoms with E-state index in [-0.39, 0.29) is 17.2 Å². The van der Waals surface area contributed by atoms with E-state index in [1.807, 2.05) is 0 Å². The molecular formula is C32H37N3O5S. The lowest BCUT2D eigenvalue weighted by Gasteiger charge is -2.42. The first-order valence-corrected chi connectivity index (χ1v) is 16.4. The Labute approximate surface area is 243 Å². The van der Waals surface area contributed by atoms with E-state index in [1.165, 1.54) is 75.5 Å². The zero-order chi connectivity index (χ0) is 27.5. The highest BCUT2D eigenvalue weighted by Gasteiger charge is 2.73. The second kappa shape index (κ2) is 8.69. The average molecular weight is 576 g/mol. The maximum atomic E-state index is 11.7. The van der Waals surface area contributed by atoms with E-state index < -0.39 is 5.97 Å². The lowest BCUT2D eigenvalue weighted by atomic mass is 9.64. The van der Waals surface area contributed by atoms with Crippen molar-refractivity contribution in [2.24, 2.45) is 11.3 Å². The molecule has 3 heterocycles. The van der Waals surface area contributed by atoms with Gasteiger partial charge in [-0.25, -0.2) is 9.78 Å². The summed E-state index contributed by atoms with van der Waals surface area (Å²) in [7, 11) is 1.58. The normalized spacial score (nSPS) is 31.5. The topological polar surface area (TPSA) is 97.7 Å². The molecule has 5 saturated carbocycles. The lowest BCUT2D eigenvalue weighted by molar-refractivity contribution is -0.0164. The zero-order valence-electron chi connectivity index (χ0n) is 23.6. The molecule has 9 heteroatoms. The van der Waals surface area contributed by atoms with Crippen molar-refractivity contribution < 1.29 is 23.9 Å². The minimum Gasteiger partial charge on any atom is -0.494 e. The molecule has 41 heavy (non-hydrogen) atoms.